The molecule has 0 aromatic heterocycles. The molecule has 0 radical (unpaired) electrons. The molecule has 0 aliphatic rings. The SMILES string of the molecule is COc1ccc(Cl)cc1NC(=O)CN(C)C(=O)/C=C(/c1ccccc1)C(F)(F)F. The maximum absolute atomic E-state index is 13.4. The highest BCUT2D eigenvalue weighted by Gasteiger charge is 2.35. The van der Waals surface area contributed by atoms with E-state index in [1.807, 2.05) is 0 Å². The number of amides is 2. The Morgan fingerprint density at radius 1 is 1.17 bits per heavy atom. The van der Waals surface area contributed by atoms with Gasteiger partial charge < -0.3 is 15.0 Å². The first-order valence-electron chi connectivity index (χ1n) is 8.34. The van der Waals surface area contributed by atoms with Gasteiger partial charge >= 0.3 is 6.18 Å². The van der Waals surface area contributed by atoms with Gasteiger partial charge in [-0.3, -0.25) is 9.59 Å². The molecule has 2 aromatic carbocycles. The van der Waals surface area contributed by atoms with Crippen molar-refractivity contribution in [3.63, 3.8) is 0 Å². The van der Waals surface area contributed by atoms with E-state index in [0.717, 1.165) is 4.90 Å². The van der Waals surface area contributed by atoms with Gasteiger partial charge in [0.05, 0.1) is 24.9 Å². The molecule has 29 heavy (non-hydrogen) atoms. The van der Waals surface area contributed by atoms with Crippen LogP contribution in [0.1, 0.15) is 5.56 Å². The van der Waals surface area contributed by atoms with Crippen molar-refractivity contribution in [3.8, 4) is 5.75 Å². The number of nitrogens with zero attached hydrogens (tertiary/aromatic N) is 1. The summed E-state index contributed by atoms with van der Waals surface area (Å²) in [5.74, 6) is -1.24. The zero-order valence-electron chi connectivity index (χ0n) is 15.6. The third-order valence-electron chi connectivity index (χ3n) is 3.85. The Labute approximate surface area is 170 Å². The molecule has 1 N–H and O–H groups in total. The van der Waals surface area contributed by atoms with Crippen molar-refractivity contribution in [1.82, 2.24) is 4.90 Å². The Hall–Kier alpha value is -3.00. The summed E-state index contributed by atoms with van der Waals surface area (Å²) in [7, 11) is 2.63. The summed E-state index contributed by atoms with van der Waals surface area (Å²) in [5, 5.41) is 2.87. The van der Waals surface area contributed by atoms with Gasteiger partial charge in [-0.15, -0.1) is 0 Å². The average molecular weight is 427 g/mol. The number of nitrogens with one attached hydrogen (secondary N) is 1. The number of ether oxygens (including phenoxy) is 1. The van der Waals surface area contributed by atoms with Crippen molar-refractivity contribution in [1.29, 1.82) is 0 Å². The minimum absolute atomic E-state index is 0.144. The number of alkyl halides is 3. The van der Waals surface area contributed by atoms with E-state index in [0.29, 0.717) is 16.8 Å². The number of hydrogen-bond donors (Lipinski definition) is 1. The first-order valence-corrected chi connectivity index (χ1v) is 8.72. The van der Waals surface area contributed by atoms with Crippen molar-refractivity contribution in [3.05, 3.63) is 65.2 Å². The number of rotatable bonds is 6. The summed E-state index contributed by atoms with van der Waals surface area (Å²) in [6.07, 6.45) is -4.25. The molecule has 2 amide bonds. The normalized spacial score (nSPS) is 11.7. The van der Waals surface area contributed by atoms with Gasteiger partial charge in [0.1, 0.15) is 5.75 Å². The Bertz CT molecular complexity index is 915. The zero-order chi connectivity index (χ0) is 21.6. The van der Waals surface area contributed by atoms with Crippen LogP contribution in [0, 0.1) is 0 Å². The molecule has 0 saturated heterocycles. The average Bonchev–Trinajstić information content (AvgIpc) is 2.65. The van der Waals surface area contributed by atoms with Gasteiger partial charge in [0.2, 0.25) is 11.8 Å². The number of methoxy groups -OCH3 is 1. The summed E-state index contributed by atoms with van der Waals surface area (Å²) in [5.41, 5.74) is -0.955. The highest BCUT2D eigenvalue weighted by atomic mass is 35.5. The minimum Gasteiger partial charge on any atom is -0.495 e. The van der Waals surface area contributed by atoms with E-state index < -0.39 is 30.1 Å². The smallest absolute Gasteiger partial charge is 0.417 e. The Kier molecular flexibility index (Phi) is 7.28. The molecule has 0 aliphatic carbocycles. The fraction of sp³-hybridized carbons (Fsp3) is 0.200. The second-order valence-electron chi connectivity index (χ2n) is 6.01. The van der Waals surface area contributed by atoms with E-state index >= 15 is 0 Å². The van der Waals surface area contributed by atoms with E-state index in [1.165, 1.54) is 44.5 Å². The van der Waals surface area contributed by atoms with Crippen molar-refractivity contribution in [2.45, 2.75) is 6.18 Å². The fourth-order valence-corrected chi connectivity index (χ4v) is 2.61. The first-order chi connectivity index (χ1) is 13.6. The highest BCUT2D eigenvalue weighted by Crippen LogP contribution is 2.33. The number of benzene rings is 2. The van der Waals surface area contributed by atoms with Crippen LogP contribution in [0.4, 0.5) is 18.9 Å². The number of halogens is 4. The molecular formula is C20H18ClF3N2O3. The second kappa shape index (κ2) is 9.47. The molecule has 154 valence electrons. The monoisotopic (exact) mass is 426 g/mol. The summed E-state index contributed by atoms with van der Waals surface area (Å²) in [6, 6.07) is 11.5. The van der Waals surface area contributed by atoms with Gasteiger partial charge in [0, 0.05) is 18.1 Å². The van der Waals surface area contributed by atoms with Gasteiger partial charge in [-0.05, 0) is 23.8 Å². The number of carbonyl (C=O) groups excluding carboxylic acids is 2. The van der Waals surface area contributed by atoms with Gasteiger partial charge in [-0.25, -0.2) is 0 Å². The standard InChI is InChI=1S/C20H18ClF3N2O3/c1-26(12-18(27)25-16-10-14(21)8-9-17(16)29-2)19(28)11-15(20(22,23)24)13-6-4-3-5-7-13/h3-11H,12H2,1-2H3,(H,25,27)/b15-11-. The molecule has 2 aromatic rings. The molecule has 9 heteroatoms. The summed E-state index contributed by atoms with van der Waals surface area (Å²) in [4.78, 5) is 25.4. The van der Waals surface area contributed by atoms with Gasteiger partial charge in [-0.2, -0.15) is 13.2 Å². The Morgan fingerprint density at radius 2 is 1.83 bits per heavy atom. The van der Waals surface area contributed by atoms with Crippen LogP contribution in [0.5, 0.6) is 5.75 Å². The summed E-state index contributed by atoms with van der Waals surface area (Å²) >= 11 is 5.89. The summed E-state index contributed by atoms with van der Waals surface area (Å²) in [6.45, 7) is -0.467. The zero-order valence-corrected chi connectivity index (χ0v) is 16.3. The molecule has 0 unspecified atom stereocenters. The van der Waals surface area contributed by atoms with Crippen LogP contribution in [0.3, 0.4) is 0 Å². The van der Waals surface area contributed by atoms with Gasteiger partial charge in [-0.1, -0.05) is 41.9 Å². The lowest BCUT2D eigenvalue weighted by Crippen LogP contribution is -2.34. The predicted molar refractivity (Wildman–Crippen MR) is 105 cm³/mol. The van der Waals surface area contributed by atoms with E-state index in [1.54, 1.807) is 18.2 Å². The van der Waals surface area contributed by atoms with Crippen LogP contribution in [-0.2, 0) is 9.59 Å². The Morgan fingerprint density at radius 3 is 2.41 bits per heavy atom. The van der Waals surface area contributed by atoms with Crippen LogP contribution < -0.4 is 10.1 Å². The molecule has 0 aliphatic heterocycles. The molecule has 0 spiro atoms. The lowest BCUT2D eigenvalue weighted by atomic mass is 10.0. The van der Waals surface area contributed by atoms with Crippen LogP contribution in [0.2, 0.25) is 5.02 Å². The van der Waals surface area contributed by atoms with Crippen molar-refractivity contribution >= 4 is 34.7 Å². The van der Waals surface area contributed by atoms with Crippen molar-refractivity contribution in [2.24, 2.45) is 0 Å². The van der Waals surface area contributed by atoms with Crippen LogP contribution in [0.15, 0.2) is 54.6 Å². The number of carbonyl (C=O) groups is 2. The van der Waals surface area contributed by atoms with E-state index in [9.17, 15) is 22.8 Å². The van der Waals surface area contributed by atoms with E-state index in [-0.39, 0.29) is 11.3 Å². The molecule has 0 bridgehead atoms. The predicted octanol–water partition coefficient (Wildman–Crippen LogP) is 4.39. The fourth-order valence-electron chi connectivity index (χ4n) is 2.44. The molecule has 5 nitrogen and oxygen atoms in total. The van der Waals surface area contributed by atoms with Crippen molar-refractivity contribution in [2.75, 3.05) is 26.0 Å². The third-order valence-corrected chi connectivity index (χ3v) is 4.09. The minimum atomic E-state index is -4.73. The quantitative estimate of drug-likeness (QED) is 0.697. The number of allylic oxidation sites excluding steroid dienone is 1. The lowest BCUT2D eigenvalue weighted by Gasteiger charge is -2.18. The highest BCUT2D eigenvalue weighted by molar-refractivity contribution is 6.31. The summed E-state index contributed by atoms with van der Waals surface area (Å²) < 4.78 is 45.2. The second-order valence-corrected chi connectivity index (χ2v) is 6.45. The number of hydrogen-bond acceptors (Lipinski definition) is 3. The third kappa shape index (κ3) is 6.25. The molecule has 0 saturated carbocycles. The molecule has 0 heterocycles. The number of anilines is 1. The molecule has 0 atom stereocenters. The maximum atomic E-state index is 13.4. The van der Waals surface area contributed by atoms with Crippen LogP contribution in [-0.4, -0.2) is 43.6 Å². The van der Waals surface area contributed by atoms with E-state index in [4.69, 9.17) is 16.3 Å². The lowest BCUT2D eigenvalue weighted by molar-refractivity contribution is -0.129. The van der Waals surface area contributed by atoms with Gasteiger partial charge in [0.15, 0.2) is 0 Å². The van der Waals surface area contributed by atoms with E-state index in [2.05, 4.69) is 5.32 Å². The maximum Gasteiger partial charge on any atom is 0.417 e. The van der Waals surface area contributed by atoms with Crippen LogP contribution in [0.25, 0.3) is 5.57 Å². The molecule has 2 rings (SSSR count). The largest absolute Gasteiger partial charge is 0.495 e. The van der Waals surface area contributed by atoms with Crippen LogP contribution >= 0.6 is 11.6 Å². The molecule has 0 fully saturated rings. The Balaban J connectivity index is 2.14. The first kappa shape index (κ1) is 22.3. The van der Waals surface area contributed by atoms with Gasteiger partial charge in [0.25, 0.3) is 0 Å². The topological polar surface area (TPSA) is 58.6 Å². The van der Waals surface area contributed by atoms with Crippen molar-refractivity contribution < 1.29 is 27.5 Å². The number of likely N-dealkylation sites (N-methyl/N-ethyl adjacent to an activating group) is 1. The molecular weight excluding hydrogens is 409 g/mol.